The number of amides is 1. The van der Waals surface area contributed by atoms with Crippen LogP contribution in [0.2, 0.25) is 0 Å². The molecule has 7 nitrogen and oxygen atoms in total. The second kappa shape index (κ2) is 14.0. The van der Waals surface area contributed by atoms with Gasteiger partial charge in [0.2, 0.25) is 5.90 Å². The predicted octanol–water partition coefficient (Wildman–Crippen LogP) is 5.45. The fraction of sp³-hybridized carbons (Fsp3) is 0.257. The molecule has 0 spiro atoms. The summed E-state index contributed by atoms with van der Waals surface area (Å²) in [6.45, 7) is 0.809. The van der Waals surface area contributed by atoms with Gasteiger partial charge in [-0.25, -0.2) is 9.38 Å². The quantitative estimate of drug-likeness (QED) is 0.205. The highest BCUT2D eigenvalue weighted by Gasteiger charge is 2.53. The number of aliphatic hydroxyl groups is 1. The van der Waals surface area contributed by atoms with Crippen molar-refractivity contribution in [3.63, 3.8) is 0 Å². The lowest BCUT2D eigenvalue weighted by atomic mass is 9.82. The minimum absolute atomic E-state index is 0.0594. The second-order valence-corrected chi connectivity index (χ2v) is 10.4. The van der Waals surface area contributed by atoms with Crippen molar-refractivity contribution in [2.24, 2.45) is 4.99 Å². The minimum Gasteiger partial charge on any atom is -0.497 e. The smallest absolute Gasteiger partial charge is 0.252 e. The third-order valence-corrected chi connectivity index (χ3v) is 7.36. The molecule has 0 bridgehead atoms. The number of benzene rings is 4. The van der Waals surface area contributed by atoms with Gasteiger partial charge in [0.1, 0.15) is 17.3 Å². The van der Waals surface area contributed by atoms with Crippen LogP contribution in [0.15, 0.2) is 108 Å². The van der Waals surface area contributed by atoms with E-state index in [-0.39, 0.29) is 18.3 Å². The molecule has 43 heavy (non-hydrogen) atoms. The molecule has 1 aliphatic rings. The summed E-state index contributed by atoms with van der Waals surface area (Å²) < 4.78 is 31.2. The molecule has 2 atom stereocenters. The maximum absolute atomic E-state index is 14.3. The number of carbonyl (C=O) groups excluding carboxylic acids is 1. The number of aliphatic hydroxyl groups excluding tert-OH is 1. The molecule has 0 unspecified atom stereocenters. The van der Waals surface area contributed by atoms with Crippen LogP contribution in [-0.4, -0.2) is 49.3 Å². The van der Waals surface area contributed by atoms with Crippen LogP contribution in [-0.2, 0) is 22.4 Å². The number of hydrogen-bond acceptors (Lipinski definition) is 6. The average molecular weight is 583 g/mol. The maximum Gasteiger partial charge on any atom is 0.252 e. The number of methoxy groups -OCH3 is 1. The minimum atomic E-state index is -1.33. The van der Waals surface area contributed by atoms with E-state index < -0.39 is 11.6 Å². The Kier molecular flexibility index (Phi) is 9.69. The number of halogens is 1. The van der Waals surface area contributed by atoms with Gasteiger partial charge in [-0.3, -0.25) is 4.79 Å². The fourth-order valence-electron chi connectivity index (χ4n) is 5.12. The van der Waals surface area contributed by atoms with Gasteiger partial charge in [-0.1, -0.05) is 54.6 Å². The molecule has 0 fully saturated rings. The largest absolute Gasteiger partial charge is 0.497 e. The van der Waals surface area contributed by atoms with Gasteiger partial charge < -0.3 is 24.6 Å². The van der Waals surface area contributed by atoms with Crippen LogP contribution in [0.4, 0.5) is 4.39 Å². The molecular formula is C35H35FN2O5. The number of nitrogens with zero attached hydrogens (tertiary/aromatic N) is 1. The summed E-state index contributed by atoms with van der Waals surface area (Å²) in [7, 11) is 1.60. The predicted molar refractivity (Wildman–Crippen MR) is 163 cm³/mol. The summed E-state index contributed by atoms with van der Waals surface area (Å²) in [5.41, 5.74) is 1.98. The van der Waals surface area contributed by atoms with Crippen LogP contribution < -0.4 is 14.8 Å². The van der Waals surface area contributed by atoms with Gasteiger partial charge in [0.05, 0.1) is 13.7 Å². The van der Waals surface area contributed by atoms with Gasteiger partial charge in [-0.15, -0.1) is 0 Å². The first-order valence-electron chi connectivity index (χ1n) is 14.3. The SMILES string of the molecule is COc1cccc([C@H]2OC(c3ccc(OCCCO)cc3)=N[C@@]2(Cc2ccccc2)C(=O)NCCc2ccc(F)cc2)c1. The van der Waals surface area contributed by atoms with E-state index in [9.17, 15) is 9.18 Å². The fourth-order valence-corrected chi connectivity index (χ4v) is 5.12. The third kappa shape index (κ3) is 7.21. The molecule has 1 heterocycles. The molecular weight excluding hydrogens is 547 g/mol. The van der Waals surface area contributed by atoms with Crippen molar-refractivity contribution in [2.45, 2.75) is 30.9 Å². The maximum atomic E-state index is 14.3. The highest BCUT2D eigenvalue weighted by atomic mass is 19.1. The van der Waals surface area contributed by atoms with Crippen LogP contribution in [0.1, 0.15) is 34.8 Å². The summed E-state index contributed by atoms with van der Waals surface area (Å²) >= 11 is 0. The summed E-state index contributed by atoms with van der Waals surface area (Å²) in [6.07, 6.45) is 0.623. The lowest BCUT2D eigenvalue weighted by Gasteiger charge is -2.31. The molecule has 1 aliphatic heterocycles. The van der Waals surface area contributed by atoms with Crippen molar-refractivity contribution >= 4 is 11.8 Å². The van der Waals surface area contributed by atoms with Gasteiger partial charge in [0.25, 0.3) is 5.91 Å². The topological polar surface area (TPSA) is 89.4 Å². The van der Waals surface area contributed by atoms with Gasteiger partial charge in [-0.2, -0.15) is 0 Å². The van der Waals surface area contributed by atoms with E-state index >= 15 is 0 Å². The van der Waals surface area contributed by atoms with Crippen LogP contribution in [0.25, 0.3) is 0 Å². The molecule has 4 aromatic rings. The van der Waals surface area contributed by atoms with E-state index in [2.05, 4.69) is 5.32 Å². The normalized spacial score (nSPS) is 17.6. The highest BCUT2D eigenvalue weighted by molar-refractivity contribution is 6.01. The first-order valence-corrected chi connectivity index (χ1v) is 14.3. The number of ether oxygens (including phenoxy) is 3. The van der Waals surface area contributed by atoms with Gasteiger partial charge in [0, 0.05) is 31.6 Å². The molecule has 0 saturated heterocycles. The first kappa shape index (κ1) is 29.8. The number of nitrogens with one attached hydrogen (secondary N) is 1. The molecule has 2 N–H and O–H groups in total. The Bertz CT molecular complexity index is 1530. The summed E-state index contributed by atoms with van der Waals surface area (Å²) in [4.78, 5) is 19.4. The Morgan fingerprint density at radius 3 is 2.44 bits per heavy atom. The van der Waals surface area contributed by atoms with Gasteiger partial charge in [-0.05, 0) is 71.6 Å². The van der Waals surface area contributed by atoms with Gasteiger partial charge >= 0.3 is 0 Å². The van der Waals surface area contributed by atoms with Crippen molar-refractivity contribution in [3.8, 4) is 11.5 Å². The summed E-state index contributed by atoms with van der Waals surface area (Å²) in [5.74, 6) is 1.08. The van der Waals surface area contributed by atoms with Crippen molar-refractivity contribution in [2.75, 3.05) is 26.9 Å². The van der Waals surface area contributed by atoms with E-state index in [0.29, 0.717) is 55.4 Å². The Morgan fingerprint density at radius 2 is 1.72 bits per heavy atom. The van der Waals surface area contributed by atoms with Crippen molar-refractivity contribution in [3.05, 3.63) is 131 Å². The molecule has 0 saturated carbocycles. The standard InChI is InChI=1S/C35H35FN2O5/c1-41-31-10-5-9-28(23-31)32-35(24-26-7-3-2-4-8-26,34(40)37-20-19-25-11-15-29(36)16-12-25)38-33(43-32)27-13-17-30(18-14-27)42-22-6-21-39/h2-5,7-18,23,32,39H,6,19-22,24H2,1H3,(H,37,40)/t32-,35-/m1/s1. The molecule has 4 aromatic carbocycles. The molecule has 222 valence electrons. The zero-order valence-corrected chi connectivity index (χ0v) is 24.0. The Labute approximate surface area is 251 Å². The zero-order chi connectivity index (χ0) is 30.1. The van der Waals surface area contributed by atoms with Crippen molar-refractivity contribution in [1.82, 2.24) is 5.32 Å². The van der Waals surface area contributed by atoms with Crippen molar-refractivity contribution < 1.29 is 28.5 Å². The Hall–Kier alpha value is -4.69. The molecule has 0 aromatic heterocycles. The Morgan fingerprint density at radius 1 is 0.953 bits per heavy atom. The lowest BCUT2D eigenvalue weighted by Crippen LogP contribution is -2.50. The third-order valence-electron chi connectivity index (χ3n) is 7.36. The van der Waals surface area contributed by atoms with Crippen molar-refractivity contribution in [1.29, 1.82) is 0 Å². The summed E-state index contributed by atoms with van der Waals surface area (Å²) in [5, 5.41) is 12.1. The molecule has 8 heteroatoms. The van der Waals surface area contributed by atoms with E-state index in [1.165, 1.54) is 12.1 Å². The highest BCUT2D eigenvalue weighted by Crippen LogP contribution is 2.43. The molecule has 1 amide bonds. The van der Waals surface area contributed by atoms with Crippen LogP contribution in [0.5, 0.6) is 11.5 Å². The number of carbonyl (C=O) groups is 1. The number of rotatable bonds is 13. The zero-order valence-electron chi connectivity index (χ0n) is 24.0. The number of hydrogen-bond donors (Lipinski definition) is 2. The van der Waals surface area contributed by atoms with Crippen LogP contribution >= 0.6 is 0 Å². The first-order chi connectivity index (χ1) is 21.0. The average Bonchev–Trinajstić information content (AvgIpc) is 3.43. The van der Waals surface area contributed by atoms with Gasteiger partial charge in [0.15, 0.2) is 11.6 Å². The van der Waals surface area contributed by atoms with Crippen LogP contribution in [0.3, 0.4) is 0 Å². The van der Waals surface area contributed by atoms with Crippen LogP contribution in [0, 0.1) is 5.82 Å². The second-order valence-electron chi connectivity index (χ2n) is 10.4. The summed E-state index contributed by atoms with van der Waals surface area (Å²) in [6, 6.07) is 30.8. The monoisotopic (exact) mass is 582 g/mol. The van der Waals surface area contributed by atoms with E-state index in [1.54, 1.807) is 19.2 Å². The van der Waals surface area contributed by atoms with E-state index in [1.807, 2.05) is 78.9 Å². The van der Waals surface area contributed by atoms with E-state index in [0.717, 1.165) is 16.7 Å². The number of aliphatic imine (C=N–C) groups is 1. The molecule has 5 rings (SSSR count). The molecule has 0 aliphatic carbocycles. The van der Waals surface area contributed by atoms with E-state index in [4.69, 9.17) is 24.3 Å². The Balaban J connectivity index is 1.51. The lowest BCUT2D eigenvalue weighted by molar-refractivity contribution is -0.128. The molecule has 0 radical (unpaired) electrons.